The molecule has 2 nitrogen and oxygen atoms in total. The second-order valence-corrected chi connectivity index (χ2v) is 3.66. The van der Waals surface area contributed by atoms with Crippen LogP contribution in [-0.4, -0.2) is 17.2 Å². The van der Waals surface area contributed by atoms with E-state index in [1.165, 1.54) is 12.1 Å². The molecule has 0 heterocycles. The fraction of sp³-hybridized carbons (Fsp3) is 0.364. The number of rotatable bonds is 3. The van der Waals surface area contributed by atoms with Crippen LogP contribution in [0, 0.1) is 11.3 Å². The summed E-state index contributed by atoms with van der Waals surface area (Å²) in [5, 5.41) is 17.8. The molecule has 7 heteroatoms. The van der Waals surface area contributed by atoms with Crippen LogP contribution in [0.2, 0.25) is 0 Å². The molecule has 0 aliphatic carbocycles. The van der Waals surface area contributed by atoms with Gasteiger partial charge in [0, 0.05) is 0 Å². The summed E-state index contributed by atoms with van der Waals surface area (Å²) in [5.41, 5.74) is 0.117. The van der Waals surface area contributed by atoms with Gasteiger partial charge in [-0.3, -0.25) is 0 Å². The van der Waals surface area contributed by atoms with E-state index in [4.69, 9.17) is 5.26 Å². The van der Waals surface area contributed by atoms with Crippen molar-refractivity contribution in [3.05, 3.63) is 35.4 Å². The Balaban J connectivity index is 2.82. The van der Waals surface area contributed by atoms with E-state index in [9.17, 15) is 27.1 Å². The van der Waals surface area contributed by atoms with Crippen molar-refractivity contribution in [3.8, 4) is 6.07 Å². The highest BCUT2D eigenvalue weighted by atomic mass is 19.4. The summed E-state index contributed by atoms with van der Waals surface area (Å²) in [6, 6.07) is 6.48. The zero-order valence-corrected chi connectivity index (χ0v) is 8.88. The van der Waals surface area contributed by atoms with Gasteiger partial charge in [0.1, 0.15) is 0 Å². The van der Waals surface area contributed by atoms with Gasteiger partial charge in [0.2, 0.25) is 0 Å². The highest BCUT2D eigenvalue weighted by Gasteiger charge is 2.58. The molecule has 0 aromatic heterocycles. The smallest absolute Gasteiger partial charge is 0.388 e. The summed E-state index contributed by atoms with van der Waals surface area (Å²) in [7, 11) is 0. The van der Waals surface area contributed by atoms with Crippen LogP contribution in [0.4, 0.5) is 22.0 Å². The summed E-state index contributed by atoms with van der Waals surface area (Å²) in [5.74, 6) is -4.96. The van der Waals surface area contributed by atoms with Crippen LogP contribution in [0.25, 0.3) is 0 Å². The second kappa shape index (κ2) is 4.90. The number of alkyl halides is 5. The third kappa shape index (κ3) is 3.17. The minimum absolute atomic E-state index is 0.0991. The summed E-state index contributed by atoms with van der Waals surface area (Å²) >= 11 is 0. The van der Waals surface area contributed by atoms with Gasteiger partial charge in [0.15, 0.2) is 0 Å². The van der Waals surface area contributed by atoms with Crippen molar-refractivity contribution in [2.24, 2.45) is 0 Å². The predicted molar refractivity (Wildman–Crippen MR) is 51.7 cm³/mol. The van der Waals surface area contributed by atoms with E-state index >= 15 is 0 Å². The molecule has 0 aliphatic heterocycles. The first-order valence-corrected chi connectivity index (χ1v) is 4.80. The van der Waals surface area contributed by atoms with Crippen LogP contribution in [0.1, 0.15) is 23.7 Å². The molecular formula is C11H8F5NO. The first kappa shape index (κ1) is 14.4. The van der Waals surface area contributed by atoms with Gasteiger partial charge < -0.3 is 5.11 Å². The first-order valence-electron chi connectivity index (χ1n) is 4.80. The number of hydrogen-bond donors (Lipinski definition) is 1. The Hall–Kier alpha value is -1.68. The molecule has 0 saturated heterocycles. The topological polar surface area (TPSA) is 44.0 Å². The van der Waals surface area contributed by atoms with Gasteiger partial charge in [0.05, 0.1) is 24.2 Å². The van der Waals surface area contributed by atoms with Crippen molar-refractivity contribution in [3.63, 3.8) is 0 Å². The second-order valence-electron chi connectivity index (χ2n) is 3.66. The summed E-state index contributed by atoms with van der Waals surface area (Å²) in [6.07, 6.45) is -9.39. The van der Waals surface area contributed by atoms with E-state index in [1.807, 2.05) is 0 Å². The number of nitriles is 1. The van der Waals surface area contributed by atoms with E-state index in [2.05, 4.69) is 0 Å². The third-order valence-electron chi connectivity index (χ3n) is 2.29. The minimum Gasteiger partial charge on any atom is -0.388 e. The van der Waals surface area contributed by atoms with E-state index in [1.54, 1.807) is 6.07 Å². The van der Waals surface area contributed by atoms with Gasteiger partial charge in [0.25, 0.3) is 0 Å². The number of aliphatic hydroxyl groups is 1. The van der Waals surface area contributed by atoms with Crippen molar-refractivity contribution in [2.75, 3.05) is 0 Å². The van der Waals surface area contributed by atoms with Crippen molar-refractivity contribution in [1.29, 1.82) is 5.26 Å². The number of halogens is 5. The Morgan fingerprint density at radius 2 is 1.61 bits per heavy atom. The van der Waals surface area contributed by atoms with Gasteiger partial charge in [-0.15, -0.1) is 0 Å². The molecule has 1 aromatic carbocycles. The van der Waals surface area contributed by atoms with Gasteiger partial charge >= 0.3 is 12.1 Å². The molecule has 0 amide bonds. The highest BCUT2D eigenvalue weighted by molar-refractivity contribution is 5.32. The summed E-state index contributed by atoms with van der Waals surface area (Å²) < 4.78 is 61.1. The molecule has 0 radical (unpaired) electrons. The molecule has 1 rings (SSSR count). The van der Waals surface area contributed by atoms with Crippen molar-refractivity contribution in [1.82, 2.24) is 0 Å². The van der Waals surface area contributed by atoms with Crippen molar-refractivity contribution < 1.29 is 27.1 Å². The zero-order chi connectivity index (χ0) is 14.0. The minimum atomic E-state index is -5.69. The number of benzene rings is 1. The van der Waals surface area contributed by atoms with Crippen molar-refractivity contribution in [2.45, 2.75) is 24.6 Å². The van der Waals surface area contributed by atoms with E-state index in [0.29, 0.717) is 0 Å². The molecule has 0 saturated carbocycles. The number of aliphatic hydroxyl groups excluding tert-OH is 1. The normalized spacial score (nSPS) is 14.1. The lowest BCUT2D eigenvalue weighted by Crippen LogP contribution is -2.37. The Morgan fingerprint density at radius 3 is 2.00 bits per heavy atom. The number of nitrogens with zero attached hydrogens (tertiary/aromatic N) is 1. The zero-order valence-electron chi connectivity index (χ0n) is 8.88. The maximum Gasteiger partial charge on any atom is 0.453 e. The average Bonchev–Trinajstić information content (AvgIpc) is 2.27. The maximum absolute atomic E-state index is 12.7. The molecule has 1 N–H and O–H groups in total. The molecule has 0 fully saturated rings. The van der Waals surface area contributed by atoms with Crippen LogP contribution in [-0.2, 0) is 0 Å². The fourth-order valence-corrected chi connectivity index (χ4v) is 1.26. The highest BCUT2D eigenvalue weighted by Crippen LogP contribution is 2.41. The molecule has 98 valence electrons. The standard InChI is InChI=1S/C11H8F5NO/c12-10(13,11(14,15)16)5-9(18)8-3-1-7(6-17)2-4-8/h1-4,9,18H,5H2. The monoisotopic (exact) mass is 265 g/mol. The lowest BCUT2D eigenvalue weighted by molar-refractivity contribution is -0.290. The van der Waals surface area contributed by atoms with Gasteiger partial charge in [-0.25, -0.2) is 0 Å². The summed E-state index contributed by atoms with van der Waals surface area (Å²) in [4.78, 5) is 0. The molecule has 18 heavy (non-hydrogen) atoms. The van der Waals surface area contributed by atoms with Crippen LogP contribution in [0.15, 0.2) is 24.3 Å². The molecule has 1 atom stereocenters. The third-order valence-corrected chi connectivity index (χ3v) is 2.29. The van der Waals surface area contributed by atoms with Crippen LogP contribution in [0.5, 0.6) is 0 Å². The lowest BCUT2D eigenvalue weighted by Gasteiger charge is -2.22. The molecule has 0 aliphatic rings. The van der Waals surface area contributed by atoms with E-state index < -0.39 is 24.6 Å². The Kier molecular flexibility index (Phi) is 3.92. The van der Waals surface area contributed by atoms with Gasteiger partial charge in [-0.1, -0.05) is 12.1 Å². The maximum atomic E-state index is 12.7. The molecular weight excluding hydrogens is 257 g/mol. The van der Waals surface area contributed by atoms with E-state index in [0.717, 1.165) is 12.1 Å². The Bertz CT molecular complexity index is 446. The average molecular weight is 265 g/mol. The SMILES string of the molecule is N#Cc1ccc(C(O)CC(F)(F)C(F)(F)F)cc1. The van der Waals surface area contributed by atoms with Gasteiger partial charge in [-0.2, -0.15) is 27.2 Å². The fourth-order valence-electron chi connectivity index (χ4n) is 1.26. The quantitative estimate of drug-likeness (QED) is 0.853. The van der Waals surface area contributed by atoms with Crippen LogP contribution < -0.4 is 0 Å². The van der Waals surface area contributed by atoms with E-state index in [-0.39, 0.29) is 11.1 Å². The Labute approximate surface area is 99.3 Å². The van der Waals surface area contributed by atoms with Crippen molar-refractivity contribution >= 4 is 0 Å². The Morgan fingerprint density at radius 1 is 1.11 bits per heavy atom. The lowest BCUT2D eigenvalue weighted by atomic mass is 10.0. The summed E-state index contributed by atoms with van der Waals surface area (Å²) in [6.45, 7) is 0. The predicted octanol–water partition coefficient (Wildman–Crippen LogP) is 3.18. The molecule has 0 spiro atoms. The molecule has 1 unspecified atom stereocenters. The molecule has 0 bridgehead atoms. The molecule has 1 aromatic rings. The number of hydrogen-bond acceptors (Lipinski definition) is 2. The largest absolute Gasteiger partial charge is 0.453 e. The first-order chi connectivity index (χ1) is 8.17. The van der Waals surface area contributed by atoms with Gasteiger partial charge in [-0.05, 0) is 17.7 Å². The van der Waals surface area contributed by atoms with Crippen LogP contribution in [0.3, 0.4) is 0 Å². The van der Waals surface area contributed by atoms with Crippen LogP contribution >= 0.6 is 0 Å².